The van der Waals surface area contributed by atoms with Crippen LogP contribution < -0.4 is 0 Å². The predicted octanol–water partition coefficient (Wildman–Crippen LogP) is 10.1. The Labute approximate surface area is 189 Å². The summed E-state index contributed by atoms with van der Waals surface area (Å²) in [5.74, 6) is 0.419. The highest BCUT2D eigenvalue weighted by Crippen LogP contribution is 2.19. The van der Waals surface area contributed by atoms with Crippen molar-refractivity contribution in [2.75, 3.05) is 0 Å². The van der Waals surface area contributed by atoms with E-state index in [9.17, 15) is 5.11 Å². The van der Waals surface area contributed by atoms with Gasteiger partial charge in [-0.25, -0.2) is 0 Å². The number of hydrogen-bond acceptors (Lipinski definition) is 1. The van der Waals surface area contributed by atoms with Crippen molar-refractivity contribution in [3.8, 4) is 5.75 Å². The number of aromatic hydroxyl groups is 1. The molecule has 0 radical (unpaired) electrons. The lowest BCUT2D eigenvalue weighted by molar-refractivity contribution is 0.470. The summed E-state index contributed by atoms with van der Waals surface area (Å²) < 4.78 is 0. The van der Waals surface area contributed by atoms with Crippen LogP contribution in [0.2, 0.25) is 0 Å². The monoisotopic (exact) mass is 416 g/mol. The molecule has 1 heteroatoms. The average Bonchev–Trinajstić information content (AvgIpc) is 2.74. The number of phenolic OH excluding ortho intramolecular Hbond substituents is 1. The molecule has 0 saturated heterocycles. The summed E-state index contributed by atoms with van der Waals surface area (Å²) in [6.45, 7) is 4.28. The second kappa shape index (κ2) is 20.0. The molecule has 30 heavy (non-hydrogen) atoms. The van der Waals surface area contributed by atoms with E-state index in [4.69, 9.17) is 0 Å². The van der Waals surface area contributed by atoms with Gasteiger partial charge in [-0.2, -0.15) is 0 Å². The summed E-state index contributed by atoms with van der Waals surface area (Å²) in [6.07, 6.45) is 29.8. The van der Waals surface area contributed by atoms with E-state index in [2.05, 4.69) is 19.1 Å². The highest BCUT2D eigenvalue weighted by molar-refractivity contribution is 5.34. The molecule has 1 rings (SSSR count). The van der Waals surface area contributed by atoms with Crippen LogP contribution >= 0.6 is 0 Å². The number of benzene rings is 1. The first-order valence-corrected chi connectivity index (χ1v) is 13.5. The van der Waals surface area contributed by atoms with Crippen LogP contribution in [0.1, 0.15) is 146 Å². The van der Waals surface area contributed by atoms with Crippen LogP contribution in [0.3, 0.4) is 0 Å². The molecule has 1 aromatic rings. The van der Waals surface area contributed by atoms with Crippen LogP contribution in [0.15, 0.2) is 18.2 Å². The van der Waals surface area contributed by atoms with Crippen molar-refractivity contribution >= 4 is 0 Å². The van der Waals surface area contributed by atoms with Crippen LogP contribution in [-0.4, -0.2) is 5.11 Å². The van der Waals surface area contributed by atoms with Gasteiger partial charge in [0.05, 0.1) is 0 Å². The molecule has 0 aliphatic rings. The zero-order valence-electron chi connectivity index (χ0n) is 20.5. The minimum absolute atomic E-state index is 0.419. The molecular weight excluding hydrogens is 364 g/mol. The SMILES string of the molecule is CCCCCCCCCCCCCCCCCCCCCCc1ccc(O)c(C)c1. The van der Waals surface area contributed by atoms with Gasteiger partial charge in [-0.05, 0) is 37.0 Å². The largest absolute Gasteiger partial charge is 0.508 e. The van der Waals surface area contributed by atoms with Crippen molar-refractivity contribution in [3.63, 3.8) is 0 Å². The maximum absolute atomic E-state index is 9.58. The fourth-order valence-corrected chi connectivity index (χ4v) is 4.46. The molecule has 0 aliphatic carbocycles. The first kappa shape index (κ1) is 27.1. The van der Waals surface area contributed by atoms with Crippen LogP contribution in [0.4, 0.5) is 0 Å². The molecule has 0 saturated carbocycles. The van der Waals surface area contributed by atoms with Crippen molar-refractivity contribution in [3.05, 3.63) is 29.3 Å². The smallest absolute Gasteiger partial charge is 0.118 e. The van der Waals surface area contributed by atoms with E-state index in [1.807, 2.05) is 13.0 Å². The lowest BCUT2D eigenvalue weighted by Crippen LogP contribution is -1.88. The van der Waals surface area contributed by atoms with Crippen molar-refractivity contribution in [2.24, 2.45) is 0 Å². The molecule has 1 nitrogen and oxygen atoms in total. The zero-order chi connectivity index (χ0) is 21.7. The van der Waals surface area contributed by atoms with E-state index in [1.165, 1.54) is 134 Å². The van der Waals surface area contributed by atoms with Crippen LogP contribution in [-0.2, 0) is 6.42 Å². The van der Waals surface area contributed by atoms with E-state index < -0.39 is 0 Å². The Balaban J connectivity index is 1.73. The molecule has 0 unspecified atom stereocenters. The molecule has 0 aromatic heterocycles. The van der Waals surface area contributed by atoms with E-state index in [-0.39, 0.29) is 0 Å². The average molecular weight is 417 g/mol. The Morgan fingerprint density at radius 3 is 1.27 bits per heavy atom. The number of hydrogen-bond donors (Lipinski definition) is 1. The fourth-order valence-electron chi connectivity index (χ4n) is 4.46. The third-order valence-electron chi connectivity index (χ3n) is 6.58. The first-order chi connectivity index (χ1) is 14.7. The van der Waals surface area contributed by atoms with Crippen molar-refractivity contribution in [1.82, 2.24) is 0 Å². The molecule has 0 fully saturated rings. The topological polar surface area (TPSA) is 20.2 Å². The summed E-state index contributed by atoms with van der Waals surface area (Å²) >= 11 is 0. The standard InChI is InChI=1S/C29H52O/c1-3-4-5-6-7-8-9-10-11-12-13-14-15-16-17-18-19-20-21-22-23-28-24-25-29(30)27(2)26-28/h24-26,30H,3-23H2,1-2H3. The third-order valence-corrected chi connectivity index (χ3v) is 6.58. The predicted molar refractivity (Wildman–Crippen MR) is 135 cm³/mol. The number of phenols is 1. The quantitative estimate of drug-likeness (QED) is 0.198. The molecular formula is C29H52O. The van der Waals surface area contributed by atoms with Gasteiger partial charge in [-0.1, -0.05) is 141 Å². The summed E-state index contributed by atoms with van der Waals surface area (Å²) in [5.41, 5.74) is 2.37. The molecule has 0 aliphatic heterocycles. The second-order valence-corrected chi connectivity index (χ2v) is 9.59. The molecule has 174 valence electrons. The van der Waals surface area contributed by atoms with Gasteiger partial charge in [0.1, 0.15) is 5.75 Å². The Morgan fingerprint density at radius 2 is 0.900 bits per heavy atom. The van der Waals surface area contributed by atoms with Crippen LogP contribution in [0.5, 0.6) is 5.75 Å². The van der Waals surface area contributed by atoms with Gasteiger partial charge in [0, 0.05) is 0 Å². The zero-order valence-corrected chi connectivity index (χ0v) is 20.5. The van der Waals surface area contributed by atoms with Crippen molar-refractivity contribution < 1.29 is 5.11 Å². The molecule has 1 aromatic carbocycles. The maximum atomic E-state index is 9.58. The summed E-state index contributed by atoms with van der Waals surface area (Å²) in [7, 11) is 0. The summed E-state index contributed by atoms with van der Waals surface area (Å²) in [6, 6.07) is 6.03. The second-order valence-electron chi connectivity index (χ2n) is 9.59. The van der Waals surface area contributed by atoms with Crippen molar-refractivity contribution in [1.29, 1.82) is 0 Å². The highest BCUT2D eigenvalue weighted by Gasteiger charge is 1.99. The Hall–Kier alpha value is -0.980. The highest BCUT2D eigenvalue weighted by atomic mass is 16.3. The Morgan fingerprint density at radius 1 is 0.533 bits per heavy atom. The number of aryl methyl sites for hydroxylation is 2. The number of unbranched alkanes of at least 4 members (excludes halogenated alkanes) is 19. The number of rotatable bonds is 21. The van der Waals surface area contributed by atoms with E-state index >= 15 is 0 Å². The van der Waals surface area contributed by atoms with Crippen LogP contribution in [0.25, 0.3) is 0 Å². The normalized spacial score (nSPS) is 11.3. The minimum Gasteiger partial charge on any atom is -0.508 e. The van der Waals surface area contributed by atoms with Gasteiger partial charge in [-0.15, -0.1) is 0 Å². The molecule has 1 N–H and O–H groups in total. The third kappa shape index (κ3) is 15.8. The van der Waals surface area contributed by atoms with E-state index in [0.29, 0.717) is 5.75 Å². The molecule has 0 spiro atoms. The van der Waals surface area contributed by atoms with Gasteiger partial charge >= 0.3 is 0 Å². The van der Waals surface area contributed by atoms with E-state index in [0.717, 1.165) is 12.0 Å². The first-order valence-electron chi connectivity index (χ1n) is 13.5. The van der Waals surface area contributed by atoms with Gasteiger partial charge in [0.15, 0.2) is 0 Å². The van der Waals surface area contributed by atoms with Gasteiger partial charge in [0.2, 0.25) is 0 Å². The summed E-state index contributed by atoms with van der Waals surface area (Å²) in [5, 5.41) is 9.58. The molecule has 0 heterocycles. The van der Waals surface area contributed by atoms with Crippen molar-refractivity contribution in [2.45, 2.75) is 149 Å². The van der Waals surface area contributed by atoms with Gasteiger partial charge in [-0.3, -0.25) is 0 Å². The maximum Gasteiger partial charge on any atom is 0.118 e. The fraction of sp³-hybridized carbons (Fsp3) is 0.793. The van der Waals surface area contributed by atoms with Gasteiger partial charge < -0.3 is 5.11 Å². The van der Waals surface area contributed by atoms with Gasteiger partial charge in [0.25, 0.3) is 0 Å². The Bertz CT molecular complexity index is 493. The Kier molecular flexibility index (Phi) is 18.0. The van der Waals surface area contributed by atoms with E-state index in [1.54, 1.807) is 0 Å². The van der Waals surface area contributed by atoms with Crippen LogP contribution in [0, 0.1) is 6.92 Å². The lowest BCUT2D eigenvalue weighted by atomic mass is 10.0. The summed E-state index contributed by atoms with van der Waals surface area (Å²) in [4.78, 5) is 0. The molecule has 0 amide bonds. The minimum atomic E-state index is 0.419. The lowest BCUT2D eigenvalue weighted by Gasteiger charge is -2.05. The molecule has 0 atom stereocenters. The molecule has 0 bridgehead atoms.